The van der Waals surface area contributed by atoms with Crippen molar-refractivity contribution in [1.82, 2.24) is 0 Å². The van der Waals surface area contributed by atoms with E-state index in [4.69, 9.17) is 0 Å². The lowest BCUT2D eigenvalue weighted by Gasteiger charge is -2.02. The smallest absolute Gasteiger partial charge is 0.0672 e. The maximum Gasteiger partial charge on any atom is 0.0672 e. The second kappa shape index (κ2) is 6.29. The standard InChI is InChI=1S/C18H20N2/c1-13-7-5-9-17(11-13)15(3)19-20-16(4)18-10-6-8-14(2)12-18/h5-12H,1-4H3/b19-15+,20-16+. The molecule has 2 aromatic rings. The highest BCUT2D eigenvalue weighted by Gasteiger charge is 1.99. The Morgan fingerprint density at radius 2 is 1.10 bits per heavy atom. The number of hydrogen-bond donors (Lipinski definition) is 0. The summed E-state index contributed by atoms with van der Waals surface area (Å²) in [6.07, 6.45) is 0. The largest absolute Gasteiger partial charge is 0.155 e. The van der Waals surface area contributed by atoms with Gasteiger partial charge in [-0.1, -0.05) is 59.7 Å². The van der Waals surface area contributed by atoms with Crippen LogP contribution < -0.4 is 0 Å². The molecule has 0 fully saturated rings. The molecular weight excluding hydrogens is 244 g/mol. The minimum absolute atomic E-state index is 0.931. The van der Waals surface area contributed by atoms with Gasteiger partial charge in [0.1, 0.15) is 0 Å². The topological polar surface area (TPSA) is 24.7 Å². The van der Waals surface area contributed by atoms with E-state index in [2.05, 4.69) is 60.4 Å². The molecule has 0 saturated carbocycles. The van der Waals surface area contributed by atoms with Crippen molar-refractivity contribution in [1.29, 1.82) is 0 Å². The summed E-state index contributed by atoms with van der Waals surface area (Å²) < 4.78 is 0. The lowest BCUT2D eigenvalue weighted by molar-refractivity contribution is 1.21. The minimum atomic E-state index is 0.931. The number of hydrogen-bond acceptors (Lipinski definition) is 2. The molecule has 20 heavy (non-hydrogen) atoms. The van der Waals surface area contributed by atoms with Gasteiger partial charge in [-0.05, 0) is 38.8 Å². The summed E-state index contributed by atoms with van der Waals surface area (Å²) in [6, 6.07) is 16.6. The minimum Gasteiger partial charge on any atom is -0.155 e. The molecule has 0 aliphatic heterocycles. The quantitative estimate of drug-likeness (QED) is 0.574. The van der Waals surface area contributed by atoms with Gasteiger partial charge in [0, 0.05) is 0 Å². The Bertz CT molecular complexity index is 607. The second-order valence-electron chi connectivity index (χ2n) is 5.11. The summed E-state index contributed by atoms with van der Waals surface area (Å²) in [7, 11) is 0. The normalized spacial score (nSPS) is 12.6. The van der Waals surface area contributed by atoms with Crippen molar-refractivity contribution in [3.05, 3.63) is 70.8 Å². The van der Waals surface area contributed by atoms with Crippen LogP contribution in [0.3, 0.4) is 0 Å². The molecular formula is C18H20N2. The molecule has 2 aromatic carbocycles. The molecule has 0 atom stereocenters. The molecule has 0 N–H and O–H groups in total. The number of nitrogens with zero attached hydrogens (tertiary/aromatic N) is 2. The first-order valence-electron chi connectivity index (χ1n) is 6.79. The first-order valence-corrected chi connectivity index (χ1v) is 6.79. The van der Waals surface area contributed by atoms with Gasteiger partial charge in [-0.2, -0.15) is 10.2 Å². The molecule has 0 bridgehead atoms. The average molecular weight is 264 g/mol. The number of benzene rings is 2. The fraction of sp³-hybridized carbons (Fsp3) is 0.222. The Labute approximate surface area is 120 Å². The Kier molecular flexibility index (Phi) is 4.46. The van der Waals surface area contributed by atoms with E-state index in [9.17, 15) is 0 Å². The molecule has 0 unspecified atom stereocenters. The maximum absolute atomic E-state index is 4.35. The Hall–Kier alpha value is -2.22. The highest BCUT2D eigenvalue weighted by Crippen LogP contribution is 2.08. The molecule has 0 amide bonds. The van der Waals surface area contributed by atoms with Crippen LogP contribution in [0.4, 0.5) is 0 Å². The molecule has 0 spiro atoms. The predicted octanol–water partition coefficient (Wildman–Crippen LogP) is 4.54. The van der Waals surface area contributed by atoms with Gasteiger partial charge in [0.05, 0.1) is 11.4 Å². The van der Waals surface area contributed by atoms with Crippen LogP contribution in [0.15, 0.2) is 58.7 Å². The van der Waals surface area contributed by atoms with Crippen molar-refractivity contribution in [3.63, 3.8) is 0 Å². The molecule has 0 aliphatic carbocycles. The van der Waals surface area contributed by atoms with Crippen molar-refractivity contribution in [2.75, 3.05) is 0 Å². The number of rotatable bonds is 3. The third-order valence-electron chi connectivity index (χ3n) is 3.22. The van der Waals surface area contributed by atoms with Gasteiger partial charge in [-0.3, -0.25) is 0 Å². The van der Waals surface area contributed by atoms with Crippen molar-refractivity contribution in [3.8, 4) is 0 Å². The van der Waals surface area contributed by atoms with Gasteiger partial charge < -0.3 is 0 Å². The SMILES string of the molecule is C/C(=N\N=C(/C)c1cccc(C)c1)c1cccc(C)c1. The van der Waals surface area contributed by atoms with E-state index < -0.39 is 0 Å². The van der Waals surface area contributed by atoms with Crippen molar-refractivity contribution in [2.45, 2.75) is 27.7 Å². The molecule has 2 heteroatoms. The highest BCUT2D eigenvalue weighted by atomic mass is 15.2. The van der Waals surface area contributed by atoms with Crippen LogP contribution in [0.1, 0.15) is 36.1 Å². The van der Waals surface area contributed by atoms with E-state index in [0.29, 0.717) is 0 Å². The van der Waals surface area contributed by atoms with Crippen molar-refractivity contribution in [2.24, 2.45) is 10.2 Å². The summed E-state index contributed by atoms with van der Waals surface area (Å²) in [6.45, 7) is 8.14. The van der Waals surface area contributed by atoms with E-state index in [1.54, 1.807) is 0 Å². The van der Waals surface area contributed by atoms with E-state index >= 15 is 0 Å². The Morgan fingerprint density at radius 1 is 0.700 bits per heavy atom. The van der Waals surface area contributed by atoms with Gasteiger partial charge >= 0.3 is 0 Å². The van der Waals surface area contributed by atoms with Gasteiger partial charge in [0.25, 0.3) is 0 Å². The summed E-state index contributed by atoms with van der Waals surface area (Å²) in [4.78, 5) is 0. The lowest BCUT2D eigenvalue weighted by Crippen LogP contribution is -1.97. The zero-order valence-corrected chi connectivity index (χ0v) is 12.5. The molecule has 2 nitrogen and oxygen atoms in total. The average Bonchev–Trinajstić information content (AvgIpc) is 2.44. The van der Waals surface area contributed by atoms with Crippen molar-refractivity contribution < 1.29 is 0 Å². The Balaban J connectivity index is 2.24. The molecule has 0 aliphatic rings. The van der Waals surface area contributed by atoms with Gasteiger partial charge in [0.2, 0.25) is 0 Å². The summed E-state index contributed by atoms with van der Waals surface area (Å²) >= 11 is 0. The maximum atomic E-state index is 4.35. The van der Waals surface area contributed by atoms with E-state index in [0.717, 1.165) is 22.6 Å². The summed E-state index contributed by atoms with van der Waals surface area (Å²) in [5.74, 6) is 0. The van der Waals surface area contributed by atoms with Crippen LogP contribution in [0.5, 0.6) is 0 Å². The molecule has 0 aromatic heterocycles. The van der Waals surface area contributed by atoms with Crippen molar-refractivity contribution >= 4 is 11.4 Å². The third-order valence-corrected chi connectivity index (χ3v) is 3.22. The zero-order chi connectivity index (χ0) is 14.5. The van der Waals surface area contributed by atoms with E-state index in [1.165, 1.54) is 11.1 Å². The number of aryl methyl sites for hydroxylation is 2. The fourth-order valence-corrected chi connectivity index (χ4v) is 2.01. The predicted molar refractivity (Wildman–Crippen MR) is 86.8 cm³/mol. The summed E-state index contributed by atoms with van der Waals surface area (Å²) in [5, 5.41) is 8.69. The van der Waals surface area contributed by atoms with E-state index in [-0.39, 0.29) is 0 Å². The van der Waals surface area contributed by atoms with Crippen LogP contribution in [0.2, 0.25) is 0 Å². The molecule has 2 rings (SSSR count). The highest BCUT2D eigenvalue weighted by molar-refractivity contribution is 6.01. The van der Waals surface area contributed by atoms with Gasteiger partial charge in [0.15, 0.2) is 0 Å². The molecule has 102 valence electrons. The lowest BCUT2D eigenvalue weighted by atomic mass is 10.1. The zero-order valence-electron chi connectivity index (χ0n) is 12.5. The monoisotopic (exact) mass is 264 g/mol. The van der Waals surface area contributed by atoms with Gasteiger partial charge in [-0.15, -0.1) is 0 Å². The molecule has 0 saturated heterocycles. The van der Waals surface area contributed by atoms with Gasteiger partial charge in [-0.25, -0.2) is 0 Å². The Morgan fingerprint density at radius 3 is 1.45 bits per heavy atom. The fourth-order valence-electron chi connectivity index (χ4n) is 2.01. The second-order valence-corrected chi connectivity index (χ2v) is 5.11. The van der Waals surface area contributed by atoms with Crippen LogP contribution in [0, 0.1) is 13.8 Å². The van der Waals surface area contributed by atoms with Crippen LogP contribution in [-0.2, 0) is 0 Å². The first-order chi connectivity index (χ1) is 9.56. The van der Waals surface area contributed by atoms with E-state index in [1.807, 2.05) is 26.0 Å². The van der Waals surface area contributed by atoms with Crippen LogP contribution in [-0.4, -0.2) is 11.4 Å². The van der Waals surface area contributed by atoms with Crippen LogP contribution >= 0.6 is 0 Å². The van der Waals surface area contributed by atoms with Crippen LogP contribution in [0.25, 0.3) is 0 Å². The third kappa shape index (κ3) is 3.64. The summed E-state index contributed by atoms with van der Waals surface area (Å²) in [5.41, 5.74) is 6.56. The molecule has 0 heterocycles. The molecule has 0 radical (unpaired) electrons. The first kappa shape index (κ1) is 14.2.